The lowest BCUT2D eigenvalue weighted by molar-refractivity contribution is -0.137. The van der Waals surface area contributed by atoms with Gasteiger partial charge in [-0.25, -0.2) is 0 Å². The number of ether oxygens (including phenoxy) is 1. The number of nitrogens with one attached hydrogen (secondary N) is 2. The van der Waals surface area contributed by atoms with Gasteiger partial charge in [-0.2, -0.15) is 0 Å². The molecule has 2 aromatic rings. The Hall–Kier alpha value is -3.92. The molecular formula is C27H31ClN4O6. The van der Waals surface area contributed by atoms with Gasteiger partial charge in [0.05, 0.1) is 18.7 Å². The highest BCUT2D eigenvalue weighted by atomic mass is 35.5. The van der Waals surface area contributed by atoms with Crippen molar-refractivity contribution in [1.82, 2.24) is 10.2 Å². The van der Waals surface area contributed by atoms with Crippen molar-refractivity contribution in [1.29, 1.82) is 5.41 Å². The molecule has 2 heterocycles. The molecule has 0 fully saturated rings. The first-order valence-electron chi connectivity index (χ1n) is 12.0. The summed E-state index contributed by atoms with van der Waals surface area (Å²) in [4.78, 5) is 52.4. The number of ketones is 1. The highest BCUT2D eigenvalue weighted by Gasteiger charge is 2.38. The summed E-state index contributed by atoms with van der Waals surface area (Å²) in [5, 5.41) is 20.5. The Balaban J connectivity index is 0.00000400. The van der Waals surface area contributed by atoms with Gasteiger partial charge in [0.1, 0.15) is 18.1 Å². The van der Waals surface area contributed by atoms with Crippen LogP contribution >= 0.6 is 12.4 Å². The van der Waals surface area contributed by atoms with Gasteiger partial charge in [-0.05, 0) is 48.4 Å². The molecule has 4 rings (SSSR count). The monoisotopic (exact) mass is 542 g/mol. The highest BCUT2D eigenvalue weighted by molar-refractivity contribution is 6.08. The van der Waals surface area contributed by atoms with E-state index in [0.717, 1.165) is 11.1 Å². The van der Waals surface area contributed by atoms with Crippen LogP contribution in [0.1, 0.15) is 64.6 Å². The number of hydrogen-bond acceptors (Lipinski definition) is 6. The summed E-state index contributed by atoms with van der Waals surface area (Å²) in [6.07, 6.45) is 0.132. The Labute approximate surface area is 226 Å². The Morgan fingerprint density at radius 3 is 2.50 bits per heavy atom. The molecule has 0 spiro atoms. The zero-order chi connectivity index (χ0) is 27.1. The number of carboxylic acid groups (broad SMARTS) is 1. The van der Waals surface area contributed by atoms with E-state index in [1.54, 1.807) is 35.2 Å². The van der Waals surface area contributed by atoms with Gasteiger partial charge in [0.15, 0.2) is 5.78 Å². The van der Waals surface area contributed by atoms with E-state index in [0.29, 0.717) is 41.3 Å². The number of carboxylic acids is 1. The number of carbonyl (C=O) groups excluding carboxylic acids is 3. The average Bonchev–Trinajstić information content (AvgIpc) is 3.14. The Morgan fingerprint density at radius 1 is 1.16 bits per heavy atom. The summed E-state index contributed by atoms with van der Waals surface area (Å²) in [7, 11) is 1.53. The summed E-state index contributed by atoms with van der Waals surface area (Å²) in [6.45, 7) is 5.82. The van der Waals surface area contributed by atoms with Crippen molar-refractivity contribution >= 4 is 47.5 Å². The van der Waals surface area contributed by atoms with Crippen LogP contribution in [-0.2, 0) is 21.5 Å². The van der Waals surface area contributed by atoms with Gasteiger partial charge in [0, 0.05) is 42.2 Å². The van der Waals surface area contributed by atoms with Crippen LogP contribution in [0.4, 0.5) is 5.69 Å². The number of rotatable bonds is 8. The number of Topliss-reactive ketones (excluding diaryl/α,β-unsaturated/α-hetero) is 1. The van der Waals surface area contributed by atoms with Crippen LogP contribution < -0.4 is 15.0 Å². The van der Waals surface area contributed by atoms with Crippen molar-refractivity contribution in [2.75, 3.05) is 31.6 Å². The number of amides is 2. The first-order valence-corrected chi connectivity index (χ1v) is 12.0. The number of amidine groups is 1. The number of aliphatic carboxylic acids is 1. The topological polar surface area (TPSA) is 140 Å². The first kappa shape index (κ1) is 28.6. The molecule has 0 saturated heterocycles. The van der Waals surface area contributed by atoms with Crippen LogP contribution in [0, 0.1) is 5.41 Å². The number of nitrogens with zero attached hydrogens (tertiary/aromatic N) is 2. The standard InChI is InChI=1S/C27H30N4O6.ClH/c1-5-37-22-9-16-12-30(25(28)17(16)10-18(22)26(36)29-4)13-21(32)15-6-7-20-19(8-15)27(2,3)11-23(33)31(20)14-24(34)35;/h6-10,28H,5,11-14H2,1-4H3,(H,29,36)(H,34,35);1H. The predicted molar refractivity (Wildman–Crippen MR) is 144 cm³/mol. The molecule has 3 N–H and O–H groups in total. The normalized spacial score (nSPS) is 15.4. The van der Waals surface area contributed by atoms with Gasteiger partial charge in [-0.3, -0.25) is 24.6 Å². The SMILES string of the molecule is CCOc1cc2c(cc1C(=O)NC)C(=N)N(CC(=O)c1ccc3c(c1)C(C)(C)CC(=O)N3CC(=O)O)C2.Cl. The molecule has 0 atom stereocenters. The maximum atomic E-state index is 13.3. The van der Waals surface area contributed by atoms with E-state index in [1.807, 2.05) is 20.8 Å². The molecule has 2 aromatic carbocycles. The molecule has 2 amide bonds. The van der Waals surface area contributed by atoms with Gasteiger partial charge in [-0.1, -0.05) is 13.8 Å². The number of carbonyl (C=O) groups is 4. The number of hydrogen-bond donors (Lipinski definition) is 3. The smallest absolute Gasteiger partial charge is 0.323 e. The molecule has 0 saturated carbocycles. The predicted octanol–water partition coefficient (Wildman–Crippen LogP) is 2.99. The summed E-state index contributed by atoms with van der Waals surface area (Å²) >= 11 is 0. The average molecular weight is 543 g/mol. The molecule has 0 aliphatic carbocycles. The molecule has 2 aliphatic heterocycles. The van der Waals surface area contributed by atoms with Gasteiger partial charge in [0.25, 0.3) is 5.91 Å². The highest BCUT2D eigenvalue weighted by Crippen LogP contribution is 2.41. The largest absolute Gasteiger partial charge is 0.493 e. The zero-order valence-corrected chi connectivity index (χ0v) is 22.5. The van der Waals surface area contributed by atoms with E-state index >= 15 is 0 Å². The van der Waals surface area contributed by atoms with Gasteiger partial charge in [-0.15, -0.1) is 12.4 Å². The molecule has 11 heteroatoms. The maximum absolute atomic E-state index is 13.3. The fourth-order valence-electron chi connectivity index (χ4n) is 4.91. The molecule has 38 heavy (non-hydrogen) atoms. The Morgan fingerprint density at radius 2 is 1.87 bits per heavy atom. The second kappa shape index (κ2) is 10.8. The molecule has 202 valence electrons. The van der Waals surface area contributed by atoms with Crippen molar-refractivity contribution < 1.29 is 29.0 Å². The van der Waals surface area contributed by atoms with Crippen LogP contribution in [0.2, 0.25) is 0 Å². The van der Waals surface area contributed by atoms with Gasteiger partial charge < -0.3 is 25.0 Å². The quantitative estimate of drug-likeness (QED) is 0.435. The number of anilines is 1. The van der Waals surface area contributed by atoms with Gasteiger partial charge >= 0.3 is 5.97 Å². The van der Waals surface area contributed by atoms with Crippen LogP contribution in [0.25, 0.3) is 0 Å². The van der Waals surface area contributed by atoms with Crippen LogP contribution in [0.15, 0.2) is 30.3 Å². The maximum Gasteiger partial charge on any atom is 0.323 e. The molecule has 10 nitrogen and oxygen atoms in total. The second-order valence-electron chi connectivity index (χ2n) is 9.81. The van der Waals surface area contributed by atoms with E-state index in [9.17, 15) is 24.3 Å². The van der Waals surface area contributed by atoms with Crippen LogP contribution in [-0.4, -0.2) is 66.2 Å². The van der Waals surface area contributed by atoms with E-state index < -0.39 is 17.9 Å². The van der Waals surface area contributed by atoms with E-state index in [-0.39, 0.29) is 48.8 Å². The minimum Gasteiger partial charge on any atom is -0.493 e. The third-order valence-electron chi connectivity index (χ3n) is 6.77. The lowest BCUT2D eigenvalue weighted by atomic mass is 9.76. The second-order valence-corrected chi connectivity index (χ2v) is 9.81. The molecule has 0 unspecified atom stereocenters. The third-order valence-corrected chi connectivity index (χ3v) is 6.77. The van der Waals surface area contributed by atoms with Crippen molar-refractivity contribution in [3.63, 3.8) is 0 Å². The number of benzene rings is 2. The van der Waals surface area contributed by atoms with Crippen molar-refractivity contribution in [3.8, 4) is 5.75 Å². The fourth-order valence-corrected chi connectivity index (χ4v) is 4.91. The number of fused-ring (bicyclic) bond motifs is 2. The fraction of sp³-hybridized carbons (Fsp3) is 0.370. The Kier molecular flexibility index (Phi) is 8.16. The molecular weight excluding hydrogens is 512 g/mol. The molecule has 2 aliphatic rings. The zero-order valence-electron chi connectivity index (χ0n) is 21.7. The van der Waals surface area contributed by atoms with E-state index in [2.05, 4.69) is 5.32 Å². The summed E-state index contributed by atoms with van der Waals surface area (Å²) in [5.74, 6) is -1.34. The van der Waals surface area contributed by atoms with Crippen molar-refractivity contribution in [2.45, 2.75) is 39.2 Å². The van der Waals surface area contributed by atoms with E-state index in [1.165, 1.54) is 11.9 Å². The lowest BCUT2D eigenvalue weighted by Gasteiger charge is -2.38. The van der Waals surface area contributed by atoms with Gasteiger partial charge in [0.2, 0.25) is 5.91 Å². The molecule has 0 bridgehead atoms. The molecule has 0 radical (unpaired) electrons. The lowest BCUT2D eigenvalue weighted by Crippen LogP contribution is -2.44. The van der Waals surface area contributed by atoms with Crippen LogP contribution in [0.5, 0.6) is 5.75 Å². The van der Waals surface area contributed by atoms with E-state index in [4.69, 9.17) is 10.1 Å². The summed E-state index contributed by atoms with van der Waals surface area (Å²) in [6, 6.07) is 8.31. The number of halogens is 1. The van der Waals surface area contributed by atoms with Crippen molar-refractivity contribution in [2.24, 2.45) is 0 Å². The molecule has 0 aromatic heterocycles. The minimum atomic E-state index is -1.11. The first-order chi connectivity index (χ1) is 17.5. The third kappa shape index (κ3) is 5.22. The minimum absolute atomic E-state index is 0. The Bertz CT molecular complexity index is 1340. The van der Waals surface area contributed by atoms with Crippen molar-refractivity contribution in [3.05, 3.63) is 58.1 Å². The summed E-state index contributed by atoms with van der Waals surface area (Å²) < 4.78 is 5.64. The summed E-state index contributed by atoms with van der Waals surface area (Å²) in [5.41, 5.74) is 2.77. The van der Waals surface area contributed by atoms with Crippen LogP contribution in [0.3, 0.4) is 0 Å².